The van der Waals surface area contributed by atoms with Crippen molar-refractivity contribution < 1.29 is 9.53 Å². The highest BCUT2D eigenvalue weighted by molar-refractivity contribution is 5.97. The van der Waals surface area contributed by atoms with Gasteiger partial charge in [0, 0.05) is 30.9 Å². The van der Waals surface area contributed by atoms with Crippen LogP contribution < -0.4 is 10.6 Å². The highest BCUT2D eigenvalue weighted by Gasteiger charge is 2.07. The number of H-pyrrole nitrogens is 1. The van der Waals surface area contributed by atoms with Crippen molar-refractivity contribution in [3.8, 4) is 6.07 Å². The minimum Gasteiger partial charge on any atom is -0.383 e. The van der Waals surface area contributed by atoms with Crippen molar-refractivity contribution in [2.75, 3.05) is 25.6 Å². The fraction of sp³-hybridized carbons (Fsp3) is 0.214. The van der Waals surface area contributed by atoms with E-state index in [0.29, 0.717) is 13.2 Å². The van der Waals surface area contributed by atoms with Gasteiger partial charge in [0.1, 0.15) is 11.6 Å². The summed E-state index contributed by atoms with van der Waals surface area (Å²) in [5.41, 5.74) is 1.62. The van der Waals surface area contributed by atoms with Crippen molar-refractivity contribution in [2.45, 2.75) is 0 Å². The summed E-state index contributed by atoms with van der Waals surface area (Å²) in [5.74, 6) is -0.440. The van der Waals surface area contributed by atoms with E-state index >= 15 is 0 Å². The summed E-state index contributed by atoms with van der Waals surface area (Å²) < 4.78 is 4.83. The second-order valence-corrected chi connectivity index (χ2v) is 4.23. The van der Waals surface area contributed by atoms with Gasteiger partial charge in [0.2, 0.25) is 0 Å². The summed E-state index contributed by atoms with van der Waals surface area (Å²) >= 11 is 0. The number of nitrogens with one attached hydrogen (secondary N) is 3. The van der Waals surface area contributed by atoms with Gasteiger partial charge in [-0.15, -0.1) is 0 Å². The second-order valence-electron chi connectivity index (χ2n) is 4.23. The molecule has 0 aliphatic heterocycles. The number of nitrogens with zero attached hydrogens (tertiary/aromatic N) is 2. The molecule has 3 N–H and O–H groups in total. The van der Waals surface area contributed by atoms with Gasteiger partial charge < -0.3 is 15.4 Å². The van der Waals surface area contributed by atoms with Crippen molar-refractivity contribution in [3.63, 3.8) is 0 Å². The average molecular weight is 285 g/mol. The Morgan fingerprint density at radius 1 is 1.57 bits per heavy atom. The van der Waals surface area contributed by atoms with Crippen LogP contribution in [0.5, 0.6) is 0 Å². The lowest BCUT2D eigenvalue weighted by Gasteiger charge is -2.04. The lowest BCUT2D eigenvalue weighted by molar-refractivity contribution is -0.117. The smallest absolute Gasteiger partial charge is 0.263 e. The first kappa shape index (κ1) is 14.6. The number of methoxy groups -OCH3 is 1. The molecule has 2 aromatic rings. The van der Waals surface area contributed by atoms with Crippen LogP contribution in [-0.2, 0) is 9.53 Å². The number of hydrogen-bond donors (Lipinski definition) is 3. The number of ether oxygens (including phenoxy) is 1. The zero-order chi connectivity index (χ0) is 15.1. The maximum absolute atomic E-state index is 11.7. The van der Waals surface area contributed by atoms with Gasteiger partial charge >= 0.3 is 0 Å². The summed E-state index contributed by atoms with van der Waals surface area (Å²) in [7, 11) is 1.54. The van der Waals surface area contributed by atoms with E-state index in [2.05, 4.69) is 20.8 Å². The Balaban J connectivity index is 2.03. The monoisotopic (exact) mass is 285 g/mol. The van der Waals surface area contributed by atoms with E-state index in [1.165, 1.54) is 6.20 Å². The second kappa shape index (κ2) is 7.07. The van der Waals surface area contributed by atoms with E-state index in [9.17, 15) is 4.79 Å². The first-order chi connectivity index (χ1) is 10.2. The third kappa shape index (κ3) is 3.81. The lowest BCUT2D eigenvalue weighted by atomic mass is 10.2. The van der Waals surface area contributed by atoms with Crippen LogP contribution in [-0.4, -0.2) is 36.4 Å². The molecule has 1 amide bonds. The molecular weight excluding hydrogens is 270 g/mol. The highest BCUT2D eigenvalue weighted by Crippen LogP contribution is 2.16. The van der Waals surface area contributed by atoms with Crippen LogP contribution in [0.1, 0.15) is 0 Å². The van der Waals surface area contributed by atoms with Crippen LogP contribution in [0.4, 0.5) is 5.69 Å². The molecular formula is C14H15N5O2. The number of anilines is 1. The molecule has 1 aromatic heterocycles. The van der Waals surface area contributed by atoms with Gasteiger partial charge in [-0.1, -0.05) is 0 Å². The largest absolute Gasteiger partial charge is 0.383 e. The third-order valence-corrected chi connectivity index (χ3v) is 2.78. The van der Waals surface area contributed by atoms with Crippen LogP contribution in [0.3, 0.4) is 0 Å². The maximum atomic E-state index is 11.7. The average Bonchev–Trinajstić information content (AvgIpc) is 2.95. The number of aromatic nitrogens is 2. The predicted molar refractivity (Wildman–Crippen MR) is 78.3 cm³/mol. The van der Waals surface area contributed by atoms with Crippen LogP contribution in [0, 0.1) is 11.3 Å². The molecule has 2 rings (SSSR count). The maximum Gasteiger partial charge on any atom is 0.263 e. The van der Waals surface area contributed by atoms with E-state index in [0.717, 1.165) is 16.6 Å². The van der Waals surface area contributed by atoms with Crippen molar-refractivity contribution in [1.82, 2.24) is 15.5 Å². The third-order valence-electron chi connectivity index (χ3n) is 2.78. The standard InChI is InChI=1S/C14H15N5O2/c1-21-5-4-16-14(20)11(7-15)8-17-12-3-2-10-9-18-19-13(10)6-12/h2-3,6,8-9,17H,4-5H2,1H3,(H,16,20)(H,18,19)/b11-8-. The van der Waals surface area contributed by atoms with Gasteiger partial charge in [-0.2, -0.15) is 10.4 Å². The number of amides is 1. The molecule has 7 heteroatoms. The van der Waals surface area contributed by atoms with Crippen LogP contribution in [0.2, 0.25) is 0 Å². The van der Waals surface area contributed by atoms with Gasteiger partial charge in [0.15, 0.2) is 0 Å². The number of carbonyl (C=O) groups excluding carboxylic acids is 1. The van der Waals surface area contributed by atoms with Gasteiger partial charge in [0.25, 0.3) is 5.91 Å². The van der Waals surface area contributed by atoms with E-state index in [-0.39, 0.29) is 5.57 Å². The molecule has 108 valence electrons. The zero-order valence-electron chi connectivity index (χ0n) is 11.5. The number of benzene rings is 1. The Hall–Kier alpha value is -2.85. The van der Waals surface area contributed by atoms with Crippen LogP contribution >= 0.6 is 0 Å². The summed E-state index contributed by atoms with van der Waals surface area (Å²) in [6.45, 7) is 0.753. The minimum atomic E-state index is -0.440. The Morgan fingerprint density at radius 2 is 2.43 bits per heavy atom. The van der Waals surface area contributed by atoms with E-state index in [1.54, 1.807) is 13.3 Å². The van der Waals surface area contributed by atoms with Crippen LogP contribution in [0.15, 0.2) is 36.2 Å². The van der Waals surface area contributed by atoms with Gasteiger partial charge in [-0.05, 0) is 18.2 Å². The van der Waals surface area contributed by atoms with Crippen molar-refractivity contribution >= 4 is 22.5 Å². The fourth-order valence-electron chi connectivity index (χ4n) is 1.69. The fourth-order valence-corrected chi connectivity index (χ4v) is 1.69. The molecule has 21 heavy (non-hydrogen) atoms. The zero-order valence-corrected chi connectivity index (χ0v) is 11.5. The number of hydrogen-bond acceptors (Lipinski definition) is 5. The molecule has 0 aliphatic rings. The normalized spacial score (nSPS) is 11.1. The molecule has 0 spiro atoms. The molecule has 1 aromatic carbocycles. The molecule has 0 atom stereocenters. The van der Waals surface area contributed by atoms with Gasteiger partial charge in [-0.3, -0.25) is 9.89 Å². The Morgan fingerprint density at radius 3 is 3.19 bits per heavy atom. The quantitative estimate of drug-likeness (QED) is 0.419. The minimum absolute atomic E-state index is 0.00388. The van der Waals surface area contributed by atoms with Crippen LogP contribution in [0.25, 0.3) is 10.9 Å². The van der Waals surface area contributed by atoms with E-state index in [1.807, 2.05) is 24.3 Å². The van der Waals surface area contributed by atoms with Gasteiger partial charge in [-0.25, -0.2) is 0 Å². The molecule has 7 nitrogen and oxygen atoms in total. The molecule has 0 bridgehead atoms. The molecule has 0 saturated carbocycles. The SMILES string of the molecule is COCCNC(=O)/C(C#N)=C\Nc1ccc2cn[nH]c2c1. The number of nitriles is 1. The number of aromatic amines is 1. The molecule has 0 fully saturated rings. The Labute approximate surface area is 121 Å². The highest BCUT2D eigenvalue weighted by atomic mass is 16.5. The molecule has 0 aliphatic carbocycles. The van der Waals surface area contributed by atoms with Crippen molar-refractivity contribution in [1.29, 1.82) is 5.26 Å². The number of rotatable bonds is 6. The Kier molecular flexibility index (Phi) is 4.90. The summed E-state index contributed by atoms with van der Waals surface area (Å²) in [6, 6.07) is 7.43. The molecule has 0 unspecified atom stereocenters. The Bertz CT molecular complexity index is 699. The van der Waals surface area contributed by atoms with E-state index < -0.39 is 5.91 Å². The summed E-state index contributed by atoms with van der Waals surface area (Å²) in [6.07, 6.45) is 3.10. The molecule has 1 heterocycles. The topological polar surface area (TPSA) is 103 Å². The summed E-state index contributed by atoms with van der Waals surface area (Å²) in [5, 5.41) is 22.3. The number of carbonyl (C=O) groups is 1. The predicted octanol–water partition coefficient (Wildman–Crippen LogP) is 1.14. The number of fused-ring (bicyclic) bond motifs is 1. The molecule has 0 radical (unpaired) electrons. The summed E-state index contributed by atoms with van der Waals surface area (Å²) in [4.78, 5) is 11.7. The van der Waals surface area contributed by atoms with Crippen molar-refractivity contribution in [2.24, 2.45) is 0 Å². The lowest BCUT2D eigenvalue weighted by Crippen LogP contribution is -2.28. The van der Waals surface area contributed by atoms with E-state index in [4.69, 9.17) is 10.00 Å². The first-order valence-corrected chi connectivity index (χ1v) is 6.31. The van der Waals surface area contributed by atoms with Crippen molar-refractivity contribution in [3.05, 3.63) is 36.2 Å². The first-order valence-electron chi connectivity index (χ1n) is 6.31. The molecule has 0 saturated heterocycles. The van der Waals surface area contributed by atoms with Gasteiger partial charge in [0.05, 0.1) is 18.3 Å².